The number of hydrogen-bond donors (Lipinski definition) is 3. The van der Waals surface area contributed by atoms with Gasteiger partial charge in [0.1, 0.15) is 6.17 Å². The van der Waals surface area contributed by atoms with Gasteiger partial charge in [0, 0.05) is 6.21 Å². The summed E-state index contributed by atoms with van der Waals surface area (Å²) in [5, 5.41) is 0. The van der Waals surface area contributed by atoms with Gasteiger partial charge in [-0.15, -0.1) is 0 Å². The first kappa shape index (κ1) is 6.69. The van der Waals surface area contributed by atoms with Gasteiger partial charge in [-0.2, -0.15) is 4.99 Å². The van der Waals surface area contributed by atoms with E-state index in [0.29, 0.717) is 0 Å². The Morgan fingerprint density at radius 1 is 1.30 bits per heavy atom. The molecule has 6 heteroatoms. The van der Waals surface area contributed by atoms with E-state index in [1.54, 1.807) is 0 Å². The summed E-state index contributed by atoms with van der Waals surface area (Å²) >= 11 is 0. The van der Waals surface area contributed by atoms with Gasteiger partial charge in [0.2, 0.25) is 11.9 Å². The van der Waals surface area contributed by atoms with E-state index in [9.17, 15) is 0 Å². The molecule has 0 saturated carbocycles. The largest absolute Gasteiger partial charge is 0.368 e. The van der Waals surface area contributed by atoms with Crippen LogP contribution in [0.3, 0.4) is 0 Å². The average Bonchev–Trinajstić information content (AvgIpc) is 1.93. The predicted octanol–water partition coefficient (Wildman–Crippen LogP) is -2.01. The van der Waals surface area contributed by atoms with E-state index in [2.05, 4.69) is 15.0 Å². The maximum atomic E-state index is 5.34. The van der Waals surface area contributed by atoms with Crippen LogP contribution in [0.25, 0.3) is 0 Å². The Hall–Kier alpha value is -1.43. The van der Waals surface area contributed by atoms with Gasteiger partial charge in [-0.1, -0.05) is 0 Å². The van der Waals surface area contributed by atoms with Crippen LogP contribution in [-0.2, 0) is 0 Å². The van der Waals surface area contributed by atoms with E-state index in [1.807, 2.05) is 0 Å². The summed E-state index contributed by atoms with van der Waals surface area (Å²) in [5.41, 5.74) is 15.8. The van der Waals surface area contributed by atoms with Gasteiger partial charge in [-0.25, -0.2) is 9.98 Å². The highest BCUT2D eigenvalue weighted by Gasteiger charge is 2.00. The second-order valence-electron chi connectivity index (χ2n) is 1.73. The minimum Gasteiger partial charge on any atom is -0.368 e. The first-order chi connectivity index (χ1) is 4.68. The molecule has 0 aromatic heterocycles. The zero-order valence-electron chi connectivity index (χ0n) is 5.23. The molecule has 1 rings (SSSR count). The molecule has 0 fully saturated rings. The molecule has 0 aliphatic carbocycles. The van der Waals surface area contributed by atoms with Crippen molar-refractivity contribution in [2.24, 2.45) is 32.2 Å². The molecule has 0 spiro atoms. The molecule has 10 heavy (non-hydrogen) atoms. The fraction of sp³-hybridized carbons (Fsp3) is 0.250. The zero-order valence-corrected chi connectivity index (χ0v) is 5.23. The van der Waals surface area contributed by atoms with Crippen LogP contribution in [0.15, 0.2) is 15.0 Å². The molecule has 0 aromatic carbocycles. The SMILES string of the molecule is NC1=NC(N)=NC(N)C=N1. The molecule has 0 saturated heterocycles. The summed E-state index contributed by atoms with van der Waals surface area (Å²) < 4.78 is 0. The van der Waals surface area contributed by atoms with Crippen molar-refractivity contribution in [3.63, 3.8) is 0 Å². The van der Waals surface area contributed by atoms with E-state index in [1.165, 1.54) is 6.21 Å². The Kier molecular flexibility index (Phi) is 1.63. The van der Waals surface area contributed by atoms with Crippen molar-refractivity contribution in [1.29, 1.82) is 0 Å². The van der Waals surface area contributed by atoms with Crippen LogP contribution in [0.1, 0.15) is 0 Å². The second kappa shape index (κ2) is 2.44. The van der Waals surface area contributed by atoms with Crippen molar-refractivity contribution in [2.45, 2.75) is 6.17 Å². The number of aliphatic imine (C=N–C) groups is 3. The van der Waals surface area contributed by atoms with Gasteiger partial charge < -0.3 is 17.2 Å². The van der Waals surface area contributed by atoms with Crippen molar-refractivity contribution in [2.75, 3.05) is 0 Å². The van der Waals surface area contributed by atoms with Gasteiger partial charge in [0.15, 0.2) is 0 Å². The van der Waals surface area contributed by atoms with Crippen LogP contribution in [0.2, 0.25) is 0 Å². The van der Waals surface area contributed by atoms with Crippen molar-refractivity contribution < 1.29 is 0 Å². The second-order valence-corrected chi connectivity index (χ2v) is 1.73. The first-order valence-electron chi connectivity index (χ1n) is 2.65. The topological polar surface area (TPSA) is 115 Å². The van der Waals surface area contributed by atoms with Crippen LogP contribution in [-0.4, -0.2) is 24.3 Å². The molecular formula is C4H8N6. The van der Waals surface area contributed by atoms with E-state index in [-0.39, 0.29) is 11.9 Å². The van der Waals surface area contributed by atoms with Crippen molar-refractivity contribution >= 4 is 18.1 Å². The van der Waals surface area contributed by atoms with Crippen LogP contribution < -0.4 is 17.2 Å². The summed E-state index contributed by atoms with van der Waals surface area (Å²) in [6.45, 7) is 0. The third-order valence-corrected chi connectivity index (χ3v) is 0.870. The third-order valence-electron chi connectivity index (χ3n) is 0.870. The van der Waals surface area contributed by atoms with E-state index >= 15 is 0 Å². The number of guanidine groups is 2. The fourth-order valence-corrected chi connectivity index (χ4v) is 0.514. The molecule has 1 heterocycles. The van der Waals surface area contributed by atoms with Crippen LogP contribution in [0.5, 0.6) is 0 Å². The standard InChI is InChI=1S/C4H8N6/c5-2-1-8-3(6)10-4(7)9-2/h1-2H,5H2,(H4,6,7,9,10). The Labute approximate surface area is 57.5 Å². The molecule has 54 valence electrons. The highest BCUT2D eigenvalue weighted by molar-refractivity contribution is 5.99. The maximum absolute atomic E-state index is 5.34. The van der Waals surface area contributed by atoms with E-state index in [0.717, 1.165) is 0 Å². The molecule has 0 aromatic rings. The third kappa shape index (κ3) is 1.52. The first-order valence-corrected chi connectivity index (χ1v) is 2.65. The van der Waals surface area contributed by atoms with Crippen LogP contribution >= 0.6 is 0 Å². The molecule has 0 amide bonds. The highest BCUT2D eigenvalue weighted by Crippen LogP contribution is 1.85. The molecule has 0 bridgehead atoms. The minimum atomic E-state index is -0.537. The lowest BCUT2D eigenvalue weighted by atomic mass is 10.6. The Morgan fingerprint density at radius 2 is 2.00 bits per heavy atom. The normalized spacial score (nSPS) is 25.1. The molecule has 6 N–H and O–H groups in total. The van der Waals surface area contributed by atoms with E-state index in [4.69, 9.17) is 17.2 Å². The average molecular weight is 140 g/mol. The minimum absolute atomic E-state index is 0.0579. The summed E-state index contributed by atoms with van der Waals surface area (Å²) in [4.78, 5) is 10.9. The smallest absolute Gasteiger partial charge is 0.223 e. The molecule has 0 radical (unpaired) electrons. The predicted molar refractivity (Wildman–Crippen MR) is 39.7 cm³/mol. The van der Waals surface area contributed by atoms with Crippen LogP contribution in [0, 0.1) is 0 Å². The van der Waals surface area contributed by atoms with Gasteiger partial charge in [-0.05, 0) is 0 Å². The lowest BCUT2D eigenvalue weighted by Gasteiger charge is -1.93. The summed E-state index contributed by atoms with van der Waals surface area (Å²) in [5.74, 6) is 0.136. The Bertz CT molecular complexity index is 214. The van der Waals surface area contributed by atoms with Gasteiger partial charge in [0.05, 0.1) is 0 Å². The quantitative estimate of drug-likeness (QED) is 0.361. The molecule has 1 atom stereocenters. The monoisotopic (exact) mass is 140 g/mol. The molecular weight excluding hydrogens is 132 g/mol. The summed E-state index contributed by atoms with van der Waals surface area (Å²) in [6, 6.07) is 0. The van der Waals surface area contributed by atoms with Crippen molar-refractivity contribution in [3.05, 3.63) is 0 Å². The van der Waals surface area contributed by atoms with E-state index < -0.39 is 6.17 Å². The van der Waals surface area contributed by atoms with Gasteiger partial charge in [0.25, 0.3) is 0 Å². The summed E-state index contributed by atoms with van der Waals surface area (Å²) in [6.07, 6.45) is 0.836. The van der Waals surface area contributed by atoms with Crippen molar-refractivity contribution in [3.8, 4) is 0 Å². The van der Waals surface area contributed by atoms with Crippen LogP contribution in [0.4, 0.5) is 0 Å². The lowest BCUT2D eigenvalue weighted by molar-refractivity contribution is 0.939. The summed E-state index contributed by atoms with van der Waals surface area (Å²) in [7, 11) is 0. The molecule has 6 nitrogen and oxygen atoms in total. The van der Waals surface area contributed by atoms with Gasteiger partial charge >= 0.3 is 0 Å². The Morgan fingerprint density at radius 3 is 2.70 bits per heavy atom. The number of nitrogens with zero attached hydrogens (tertiary/aromatic N) is 3. The number of rotatable bonds is 0. The highest BCUT2D eigenvalue weighted by atomic mass is 15.2. The number of nitrogens with two attached hydrogens (primary N) is 3. The van der Waals surface area contributed by atoms with Gasteiger partial charge in [-0.3, -0.25) is 0 Å². The lowest BCUT2D eigenvalue weighted by Crippen LogP contribution is -2.22. The Balaban J connectivity index is 2.88. The molecule has 1 unspecified atom stereocenters. The zero-order chi connectivity index (χ0) is 7.56. The molecule has 1 aliphatic heterocycles. The van der Waals surface area contributed by atoms with Crippen molar-refractivity contribution in [1.82, 2.24) is 0 Å². The fourth-order valence-electron chi connectivity index (χ4n) is 0.514. The molecule has 1 aliphatic rings. The maximum Gasteiger partial charge on any atom is 0.223 e. The number of hydrogen-bond acceptors (Lipinski definition) is 6.